The standard InChI is InChI=1S/C14H14N2O4S/c1-21(17,18)12-6-3-7-15-14(12)16-8-10-4-2-5-11-13(10)20-9-19-11/h2-7H,8-9H2,1H3,(H,15,16). The summed E-state index contributed by atoms with van der Waals surface area (Å²) in [5.74, 6) is 1.71. The van der Waals surface area contributed by atoms with Gasteiger partial charge in [0.1, 0.15) is 10.7 Å². The average Bonchev–Trinajstić information content (AvgIpc) is 2.93. The van der Waals surface area contributed by atoms with Gasteiger partial charge in [-0.25, -0.2) is 13.4 Å². The summed E-state index contributed by atoms with van der Waals surface area (Å²) in [6, 6.07) is 8.71. The summed E-state index contributed by atoms with van der Waals surface area (Å²) < 4.78 is 34.2. The fourth-order valence-electron chi connectivity index (χ4n) is 2.13. The van der Waals surface area contributed by atoms with Crippen molar-refractivity contribution in [3.63, 3.8) is 0 Å². The Morgan fingerprint density at radius 1 is 1.24 bits per heavy atom. The van der Waals surface area contributed by atoms with Crippen LogP contribution in [0.5, 0.6) is 11.5 Å². The summed E-state index contributed by atoms with van der Waals surface area (Å²) in [5.41, 5.74) is 0.884. The van der Waals surface area contributed by atoms with Crippen molar-refractivity contribution in [2.45, 2.75) is 11.4 Å². The van der Waals surface area contributed by atoms with Crippen LogP contribution in [-0.4, -0.2) is 26.5 Å². The van der Waals surface area contributed by atoms with Gasteiger partial charge in [0.2, 0.25) is 6.79 Å². The summed E-state index contributed by atoms with van der Waals surface area (Å²) in [5, 5.41) is 3.04. The van der Waals surface area contributed by atoms with Gasteiger partial charge in [-0.3, -0.25) is 0 Å². The predicted molar refractivity (Wildman–Crippen MR) is 77.2 cm³/mol. The van der Waals surface area contributed by atoms with E-state index in [1.54, 1.807) is 12.3 Å². The van der Waals surface area contributed by atoms with Gasteiger partial charge in [0.05, 0.1) is 0 Å². The summed E-state index contributed by atoms with van der Waals surface area (Å²) >= 11 is 0. The Morgan fingerprint density at radius 2 is 2.10 bits per heavy atom. The molecule has 1 aliphatic rings. The third-order valence-corrected chi connectivity index (χ3v) is 4.22. The van der Waals surface area contributed by atoms with E-state index in [-0.39, 0.29) is 11.7 Å². The second-order valence-electron chi connectivity index (χ2n) is 4.63. The minimum absolute atomic E-state index is 0.176. The maximum absolute atomic E-state index is 11.7. The van der Waals surface area contributed by atoms with Crippen molar-refractivity contribution < 1.29 is 17.9 Å². The number of fused-ring (bicyclic) bond motifs is 1. The normalized spacial score (nSPS) is 13.2. The first-order chi connectivity index (χ1) is 10.1. The molecule has 0 saturated heterocycles. The summed E-state index contributed by atoms with van der Waals surface area (Å²) in [7, 11) is -3.33. The molecule has 0 saturated carbocycles. The first-order valence-electron chi connectivity index (χ1n) is 6.32. The lowest BCUT2D eigenvalue weighted by Crippen LogP contribution is -2.08. The molecule has 21 heavy (non-hydrogen) atoms. The highest BCUT2D eigenvalue weighted by molar-refractivity contribution is 7.90. The molecule has 0 aliphatic carbocycles. The highest BCUT2D eigenvalue weighted by Crippen LogP contribution is 2.35. The molecule has 2 aromatic rings. The maximum Gasteiger partial charge on any atom is 0.231 e. The number of aromatic nitrogens is 1. The van der Waals surface area contributed by atoms with Crippen LogP contribution in [0.2, 0.25) is 0 Å². The monoisotopic (exact) mass is 306 g/mol. The van der Waals surface area contributed by atoms with E-state index in [9.17, 15) is 8.42 Å². The lowest BCUT2D eigenvalue weighted by atomic mass is 10.2. The van der Waals surface area contributed by atoms with E-state index in [1.165, 1.54) is 6.07 Å². The van der Waals surface area contributed by atoms with Gasteiger partial charge >= 0.3 is 0 Å². The number of hydrogen-bond acceptors (Lipinski definition) is 6. The Bertz CT molecular complexity index is 774. The number of ether oxygens (including phenoxy) is 2. The van der Waals surface area contributed by atoms with Crippen LogP contribution in [0, 0.1) is 0 Å². The van der Waals surface area contributed by atoms with E-state index in [0.29, 0.717) is 23.9 Å². The van der Waals surface area contributed by atoms with Crippen LogP contribution in [0.3, 0.4) is 0 Å². The number of sulfone groups is 1. The van der Waals surface area contributed by atoms with Crippen LogP contribution in [0.4, 0.5) is 5.82 Å². The van der Waals surface area contributed by atoms with Gasteiger partial charge in [0.15, 0.2) is 21.3 Å². The molecule has 0 fully saturated rings. The number of nitrogens with zero attached hydrogens (tertiary/aromatic N) is 1. The Kier molecular flexibility index (Phi) is 3.42. The lowest BCUT2D eigenvalue weighted by Gasteiger charge is -2.11. The summed E-state index contributed by atoms with van der Waals surface area (Å²) in [6.07, 6.45) is 2.71. The molecule has 1 N–H and O–H groups in total. The number of hydrogen-bond donors (Lipinski definition) is 1. The highest BCUT2D eigenvalue weighted by Gasteiger charge is 2.18. The molecule has 0 amide bonds. The number of pyridine rings is 1. The molecule has 3 rings (SSSR count). The van der Waals surface area contributed by atoms with E-state index in [2.05, 4.69) is 10.3 Å². The van der Waals surface area contributed by atoms with Gasteiger partial charge in [-0.1, -0.05) is 12.1 Å². The molecular weight excluding hydrogens is 292 g/mol. The molecule has 110 valence electrons. The van der Waals surface area contributed by atoms with E-state index in [4.69, 9.17) is 9.47 Å². The van der Waals surface area contributed by atoms with Crippen molar-refractivity contribution >= 4 is 15.7 Å². The maximum atomic E-state index is 11.7. The van der Waals surface area contributed by atoms with Crippen molar-refractivity contribution in [3.8, 4) is 11.5 Å². The number of para-hydroxylation sites is 1. The third-order valence-electron chi connectivity index (χ3n) is 3.09. The van der Waals surface area contributed by atoms with Crippen LogP contribution in [0.25, 0.3) is 0 Å². The molecule has 1 aliphatic heterocycles. The van der Waals surface area contributed by atoms with E-state index in [0.717, 1.165) is 11.8 Å². The summed E-state index contributed by atoms with van der Waals surface area (Å²) in [4.78, 5) is 4.27. The van der Waals surface area contributed by atoms with Crippen LogP contribution < -0.4 is 14.8 Å². The lowest BCUT2D eigenvalue weighted by molar-refractivity contribution is 0.173. The van der Waals surface area contributed by atoms with Crippen molar-refractivity contribution in [2.24, 2.45) is 0 Å². The highest BCUT2D eigenvalue weighted by atomic mass is 32.2. The van der Waals surface area contributed by atoms with E-state index >= 15 is 0 Å². The van der Waals surface area contributed by atoms with Crippen molar-refractivity contribution in [3.05, 3.63) is 42.1 Å². The Balaban J connectivity index is 1.85. The molecule has 6 nitrogen and oxygen atoms in total. The topological polar surface area (TPSA) is 77.5 Å². The Morgan fingerprint density at radius 3 is 2.90 bits per heavy atom. The predicted octanol–water partition coefficient (Wildman–Crippen LogP) is 1.83. The molecule has 0 atom stereocenters. The zero-order valence-corrected chi connectivity index (χ0v) is 12.2. The summed E-state index contributed by atoms with van der Waals surface area (Å²) in [6.45, 7) is 0.594. The molecule has 0 spiro atoms. The molecule has 0 radical (unpaired) electrons. The van der Waals surface area contributed by atoms with Crippen LogP contribution >= 0.6 is 0 Å². The SMILES string of the molecule is CS(=O)(=O)c1cccnc1NCc1cccc2c1OCO2. The average molecular weight is 306 g/mol. The second kappa shape index (κ2) is 5.25. The molecule has 2 heterocycles. The first-order valence-corrected chi connectivity index (χ1v) is 8.21. The fraction of sp³-hybridized carbons (Fsp3) is 0.214. The van der Waals surface area contributed by atoms with Crippen molar-refractivity contribution in [2.75, 3.05) is 18.4 Å². The molecule has 1 aromatic heterocycles. The number of benzene rings is 1. The van der Waals surface area contributed by atoms with Gasteiger partial charge in [-0.05, 0) is 18.2 Å². The van der Waals surface area contributed by atoms with Crippen molar-refractivity contribution in [1.29, 1.82) is 0 Å². The number of rotatable bonds is 4. The fourth-order valence-corrected chi connectivity index (χ4v) is 2.93. The van der Waals surface area contributed by atoms with Gasteiger partial charge in [0, 0.05) is 24.6 Å². The van der Waals surface area contributed by atoms with E-state index < -0.39 is 9.84 Å². The van der Waals surface area contributed by atoms with Gasteiger partial charge in [0.25, 0.3) is 0 Å². The molecule has 0 unspecified atom stereocenters. The minimum Gasteiger partial charge on any atom is -0.454 e. The Labute approximate surface area is 122 Å². The Hall–Kier alpha value is -2.28. The number of anilines is 1. The van der Waals surface area contributed by atoms with E-state index in [1.807, 2.05) is 18.2 Å². The number of nitrogens with one attached hydrogen (secondary N) is 1. The minimum atomic E-state index is -3.33. The molecule has 0 bridgehead atoms. The van der Waals surface area contributed by atoms with Crippen LogP contribution in [0.1, 0.15) is 5.56 Å². The zero-order valence-electron chi connectivity index (χ0n) is 11.4. The third kappa shape index (κ3) is 2.78. The van der Waals surface area contributed by atoms with Crippen molar-refractivity contribution in [1.82, 2.24) is 4.98 Å². The van der Waals surface area contributed by atoms with Gasteiger partial charge in [-0.2, -0.15) is 0 Å². The van der Waals surface area contributed by atoms with Crippen LogP contribution in [-0.2, 0) is 16.4 Å². The molecular formula is C14H14N2O4S. The zero-order chi connectivity index (χ0) is 14.9. The smallest absolute Gasteiger partial charge is 0.231 e. The second-order valence-corrected chi connectivity index (χ2v) is 6.61. The largest absolute Gasteiger partial charge is 0.454 e. The van der Waals surface area contributed by atoms with Crippen LogP contribution in [0.15, 0.2) is 41.4 Å². The van der Waals surface area contributed by atoms with Gasteiger partial charge in [-0.15, -0.1) is 0 Å². The van der Waals surface area contributed by atoms with Gasteiger partial charge < -0.3 is 14.8 Å². The molecule has 7 heteroatoms. The molecule has 1 aromatic carbocycles. The first kappa shape index (κ1) is 13.7. The quantitative estimate of drug-likeness (QED) is 0.928.